The maximum Gasteiger partial charge on any atom is 0.240 e. The number of carbonyl (C=O) groups is 1. The number of amides is 1. The zero-order chi connectivity index (χ0) is 17.1. The van der Waals surface area contributed by atoms with Crippen LogP contribution in [0.25, 0.3) is 0 Å². The van der Waals surface area contributed by atoms with E-state index in [9.17, 15) is 4.79 Å². The predicted octanol–water partition coefficient (Wildman–Crippen LogP) is 2.78. The number of aromatic nitrogens is 2. The average Bonchev–Trinajstić information content (AvgIpc) is 3.24. The monoisotopic (exact) mass is 358 g/mol. The number of rotatable bonds is 4. The highest BCUT2D eigenvalue weighted by atomic mass is 32.1. The van der Waals surface area contributed by atoms with Crippen LogP contribution in [0.4, 0.5) is 5.13 Å². The molecular weight excluding hydrogens is 336 g/mol. The Morgan fingerprint density at radius 3 is 3.00 bits per heavy atom. The van der Waals surface area contributed by atoms with E-state index >= 15 is 0 Å². The van der Waals surface area contributed by atoms with Crippen LogP contribution in [0.1, 0.15) is 41.5 Å². The summed E-state index contributed by atoms with van der Waals surface area (Å²) in [6.45, 7) is 2.91. The van der Waals surface area contributed by atoms with E-state index < -0.39 is 0 Å². The molecule has 0 aliphatic carbocycles. The van der Waals surface area contributed by atoms with Gasteiger partial charge in [-0.05, 0) is 43.4 Å². The molecule has 3 heterocycles. The van der Waals surface area contributed by atoms with Gasteiger partial charge in [-0.25, -0.2) is 0 Å². The Morgan fingerprint density at radius 2 is 2.16 bits per heavy atom. The zero-order valence-corrected chi connectivity index (χ0v) is 14.9. The molecule has 1 aromatic heterocycles. The van der Waals surface area contributed by atoms with E-state index in [-0.39, 0.29) is 12.0 Å². The van der Waals surface area contributed by atoms with E-state index in [1.807, 2.05) is 0 Å². The van der Waals surface area contributed by atoms with Crippen LogP contribution in [-0.4, -0.2) is 40.7 Å². The number of hydrogen-bond donors (Lipinski definition) is 1. The van der Waals surface area contributed by atoms with Gasteiger partial charge in [-0.3, -0.25) is 15.0 Å². The summed E-state index contributed by atoms with van der Waals surface area (Å²) in [6, 6.07) is 8.50. The van der Waals surface area contributed by atoms with Gasteiger partial charge in [-0.1, -0.05) is 35.6 Å². The first kappa shape index (κ1) is 16.6. The second kappa shape index (κ2) is 7.59. The molecule has 1 N–H and O–H groups in total. The van der Waals surface area contributed by atoms with E-state index in [2.05, 4.69) is 44.7 Å². The summed E-state index contributed by atoms with van der Waals surface area (Å²) in [6.07, 6.45) is 4.24. The smallest absolute Gasteiger partial charge is 0.240 e. The molecule has 0 spiro atoms. The normalized spacial score (nSPS) is 20.9. The van der Waals surface area contributed by atoms with Crippen LogP contribution in [-0.2, 0) is 22.5 Å². The first-order valence-electron chi connectivity index (χ1n) is 8.82. The molecule has 7 heteroatoms. The summed E-state index contributed by atoms with van der Waals surface area (Å²) in [5, 5.41) is 12.5. The van der Waals surface area contributed by atoms with Gasteiger partial charge >= 0.3 is 0 Å². The van der Waals surface area contributed by atoms with Crippen molar-refractivity contribution in [3.8, 4) is 0 Å². The van der Waals surface area contributed by atoms with Crippen LogP contribution in [0.3, 0.4) is 0 Å². The molecule has 1 amide bonds. The van der Waals surface area contributed by atoms with E-state index in [1.54, 1.807) is 0 Å². The second-order valence-corrected chi connectivity index (χ2v) is 7.59. The van der Waals surface area contributed by atoms with Gasteiger partial charge in [0.05, 0.1) is 6.54 Å². The number of benzene rings is 1. The fourth-order valence-electron chi connectivity index (χ4n) is 3.45. The molecule has 25 heavy (non-hydrogen) atoms. The van der Waals surface area contributed by atoms with Gasteiger partial charge in [-0.2, -0.15) is 0 Å². The largest absolute Gasteiger partial charge is 0.371 e. The van der Waals surface area contributed by atoms with Crippen molar-refractivity contribution in [1.82, 2.24) is 15.1 Å². The molecule has 2 aliphatic rings. The number of fused-ring (bicyclic) bond motifs is 1. The lowest BCUT2D eigenvalue weighted by atomic mass is 10.0. The van der Waals surface area contributed by atoms with Gasteiger partial charge < -0.3 is 4.74 Å². The number of ether oxygens (including phenoxy) is 1. The minimum absolute atomic E-state index is 0.0329. The molecule has 1 saturated heterocycles. The van der Waals surface area contributed by atoms with Gasteiger partial charge in [0.25, 0.3) is 0 Å². The Hall–Kier alpha value is -1.83. The SMILES string of the molecule is O=C(CN1CCCc2ccccc2C1)Nc1nnc(C2CCCO2)s1. The van der Waals surface area contributed by atoms with Gasteiger partial charge in [0.1, 0.15) is 11.1 Å². The number of anilines is 1. The van der Waals surface area contributed by atoms with Crippen LogP contribution < -0.4 is 5.32 Å². The highest BCUT2D eigenvalue weighted by Gasteiger charge is 2.23. The minimum Gasteiger partial charge on any atom is -0.371 e. The summed E-state index contributed by atoms with van der Waals surface area (Å²) < 4.78 is 5.61. The van der Waals surface area contributed by atoms with Gasteiger partial charge in [0.2, 0.25) is 11.0 Å². The Balaban J connectivity index is 1.34. The molecule has 0 radical (unpaired) electrons. The van der Waals surface area contributed by atoms with Crippen molar-refractivity contribution in [2.75, 3.05) is 25.0 Å². The lowest BCUT2D eigenvalue weighted by Crippen LogP contribution is -2.33. The van der Waals surface area contributed by atoms with Crippen molar-refractivity contribution >= 4 is 22.4 Å². The fraction of sp³-hybridized carbons (Fsp3) is 0.500. The predicted molar refractivity (Wildman–Crippen MR) is 96.5 cm³/mol. The summed E-state index contributed by atoms with van der Waals surface area (Å²) in [4.78, 5) is 14.6. The second-order valence-electron chi connectivity index (χ2n) is 6.58. The number of nitrogens with zero attached hydrogens (tertiary/aromatic N) is 3. The highest BCUT2D eigenvalue weighted by Crippen LogP contribution is 2.31. The number of aryl methyl sites for hydroxylation is 1. The highest BCUT2D eigenvalue weighted by molar-refractivity contribution is 7.15. The lowest BCUT2D eigenvalue weighted by molar-refractivity contribution is -0.117. The minimum atomic E-state index is -0.0329. The molecule has 0 saturated carbocycles. The maximum atomic E-state index is 12.4. The quantitative estimate of drug-likeness (QED) is 0.910. The molecule has 1 aromatic carbocycles. The molecular formula is C18H22N4O2S. The average molecular weight is 358 g/mol. The molecule has 2 aromatic rings. The maximum absolute atomic E-state index is 12.4. The standard InChI is InChI=1S/C18H22N4O2S/c23-16(19-18-21-20-17(25-18)15-8-4-10-24-15)12-22-9-3-7-13-5-1-2-6-14(13)11-22/h1-2,5-6,15H,3-4,7-12H2,(H,19,21,23). The van der Waals surface area contributed by atoms with E-state index in [4.69, 9.17) is 4.74 Å². The third-order valence-electron chi connectivity index (χ3n) is 4.69. The van der Waals surface area contributed by atoms with Crippen LogP contribution in [0.2, 0.25) is 0 Å². The molecule has 1 unspecified atom stereocenters. The van der Waals surface area contributed by atoms with Crippen LogP contribution >= 0.6 is 11.3 Å². The first-order chi connectivity index (χ1) is 12.3. The molecule has 1 atom stereocenters. The zero-order valence-electron chi connectivity index (χ0n) is 14.1. The van der Waals surface area contributed by atoms with Gasteiger partial charge in [-0.15, -0.1) is 10.2 Å². The van der Waals surface area contributed by atoms with Crippen molar-refractivity contribution < 1.29 is 9.53 Å². The Kier molecular flexibility index (Phi) is 5.05. The molecule has 1 fully saturated rings. The molecule has 6 nitrogen and oxygen atoms in total. The van der Waals surface area contributed by atoms with E-state index in [1.165, 1.54) is 22.5 Å². The Labute approximate surface area is 151 Å². The van der Waals surface area contributed by atoms with E-state index in [0.29, 0.717) is 11.7 Å². The summed E-state index contributed by atoms with van der Waals surface area (Å²) >= 11 is 1.42. The number of carbonyl (C=O) groups excluding carboxylic acids is 1. The van der Waals surface area contributed by atoms with Crippen LogP contribution in [0.5, 0.6) is 0 Å². The lowest BCUT2D eigenvalue weighted by Gasteiger charge is -2.19. The molecule has 2 aliphatic heterocycles. The third-order valence-corrected chi connectivity index (χ3v) is 5.62. The Bertz CT molecular complexity index is 742. The Morgan fingerprint density at radius 1 is 1.28 bits per heavy atom. The van der Waals surface area contributed by atoms with E-state index in [0.717, 1.165) is 50.4 Å². The van der Waals surface area contributed by atoms with Crippen molar-refractivity contribution in [3.05, 3.63) is 40.4 Å². The fourth-order valence-corrected chi connectivity index (χ4v) is 4.30. The van der Waals surface area contributed by atoms with Gasteiger partial charge in [0, 0.05) is 13.2 Å². The van der Waals surface area contributed by atoms with Crippen molar-refractivity contribution in [3.63, 3.8) is 0 Å². The van der Waals surface area contributed by atoms with Gasteiger partial charge in [0.15, 0.2) is 0 Å². The first-order valence-corrected chi connectivity index (χ1v) is 9.63. The third kappa shape index (κ3) is 4.05. The topological polar surface area (TPSA) is 67.4 Å². The number of hydrogen-bond acceptors (Lipinski definition) is 6. The van der Waals surface area contributed by atoms with Crippen molar-refractivity contribution in [2.24, 2.45) is 0 Å². The summed E-state index contributed by atoms with van der Waals surface area (Å²) in [5.41, 5.74) is 2.72. The molecule has 132 valence electrons. The summed E-state index contributed by atoms with van der Waals surface area (Å²) in [5.74, 6) is -0.0329. The summed E-state index contributed by atoms with van der Waals surface area (Å²) in [7, 11) is 0. The van der Waals surface area contributed by atoms with Crippen LogP contribution in [0.15, 0.2) is 24.3 Å². The molecule has 4 rings (SSSR count). The van der Waals surface area contributed by atoms with Crippen LogP contribution in [0, 0.1) is 0 Å². The van der Waals surface area contributed by atoms with Crippen molar-refractivity contribution in [2.45, 2.75) is 38.3 Å². The number of nitrogens with one attached hydrogen (secondary N) is 1. The van der Waals surface area contributed by atoms with Crippen molar-refractivity contribution in [1.29, 1.82) is 0 Å². The molecule has 0 bridgehead atoms.